The first-order valence-corrected chi connectivity index (χ1v) is 5.95. The van der Waals surface area contributed by atoms with Crippen molar-refractivity contribution in [3.8, 4) is 0 Å². The molecule has 0 aromatic heterocycles. The van der Waals surface area contributed by atoms with E-state index in [1.54, 1.807) is 0 Å². The Morgan fingerprint density at radius 1 is 1.19 bits per heavy atom. The fraction of sp³-hybridized carbons (Fsp3) is 0.500. The van der Waals surface area contributed by atoms with Crippen molar-refractivity contribution in [2.75, 3.05) is 5.32 Å². The molecule has 1 aromatic carbocycles. The standard InChI is InChI=1S/C14H19NO/c1-8(2)10-5-6-12-11(7-10)13(9(3)4)14(16)15-12/h5-9,13H,1-4H3,(H,15,16). The molecule has 0 fully saturated rings. The maximum Gasteiger partial charge on any atom is 0.232 e. The monoisotopic (exact) mass is 217 g/mol. The number of carbonyl (C=O) groups excluding carboxylic acids is 1. The van der Waals surface area contributed by atoms with Gasteiger partial charge in [-0.15, -0.1) is 0 Å². The quantitative estimate of drug-likeness (QED) is 0.807. The third kappa shape index (κ3) is 1.73. The van der Waals surface area contributed by atoms with Gasteiger partial charge in [-0.2, -0.15) is 0 Å². The fourth-order valence-corrected chi connectivity index (χ4v) is 2.33. The molecule has 2 nitrogen and oxygen atoms in total. The van der Waals surface area contributed by atoms with Crippen LogP contribution in [0.5, 0.6) is 0 Å². The predicted octanol–water partition coefficient (Wildman–Crippen LogP) is 3.50. The third-order valence-electron chi connectivity index (χ3n) is 3.28. The summed E-state index contributed by atoms with van der Waals surface area (Å²) in [6.45, 7) is 8.55. The lowest BCUT2D eigenvalue weighted by molar-refractivity contribution is -0.117. The normalized spacial score (nSPS) is 19.1. The van der Waals surface area contributed by atoms with Crippen molar-refractivity contribution in [3.63, 3.8) is 0 Å². The number of amides is 1. The van der Waals surface area contributed by atoms with Gasteiger partial charge in [-0.25, -0.2) is 0 Å². The van der Waals surface area contributed by atoms with Crippen LogP contribution in [0, 0.1) is 5.92 Å². The summed E-state index contributed by atoms with van der Waals surface area (Å²) in [5, 5.41) is 2.96. The summed E-state index contributed by atoms with van der Waals surface area (Å²) >= 11 is 0. The van der Waals surface area contributed by atoms with Gasteiger partial charge in [0.05, 0.1) is 5.92 Å². The van der Waals surface area contributed by atoms with E-state index in [1.807, 2.05) is 6.07 Å². The number of fused-ring (bicyclic) bond motifs is 1. The number of nitrogens with one attached hydrogen (secondary N) is 1. The van der Waals surface area contributed by atoms with Crippen LogP contribution >= 0.6 is 0 Å². The molecule has 0 aliphatic carbocycles. The lowest BCUT2D eigenvalue weighted by Crippen LogP contribution is -2.16. The summed E-state index contributed by atoms with van der Waals surface area (Å²) < 4.78 is 0. The Labute approximate surface area is 97.1 Å². The average molecular weight is 217 g/mol. The van der Waals surface area contributed by atoms with E-state index in [9.17, 15) is 4.79 Å². The molecule has 1 aliphatic heterocycles. The van der Waals surface area contributed by atoms with Gasteiger partial charge in [-0.05, 0) is 29.0 Å². The molecule has 2 heteroatoms. The molecule has 0 saturated carbocycles. The van der Waals surface area contributed by atoms with Gasteiger partial charge >= 0.3 is 0 Å². The predicted molar refractivity (Wildman–Crippen MR) is 66.7 cm³/mol. The highest BCUT2D eigenvalue weighted by molar-refractivity contribution is 6.03. The molecule has 86 valence electrons. The van der Waals surface area contributed by atoms with Crippen LogP contribution in [-0.2, 0) is 4.79 Å². The zero-order valence-electron chi connectivity index (χ0n) is 10.4. The smallest absolute Gasteiger partial charge is 0.232 e. The maximum atomic E-state index is 11.8. The number of rotatable bonds is 2. The Hall–Kier alpha value is -1.31. The van der Waals surface area contributed by atoms with Crippen LogP contribution in [0.4, 0.5) is 5.69 Å². The minimum Gasteiger partial charge on any atom is -0.325 e. The van der Waals surface area contributed by atoms with Crippen LogP contribution in [0.2, 0.25) is 0 Å². The van der Waals surface area contributed by atoms with E-state index in [0.717, 1.165) is 5.69 Å². The van der Waals surface area contributed by atoms with E-state index in [1.165, 1.54) is 11.1 Å². The summed E-state index contributed by atoms with van der Waals surface area (Å²) in [5.41, 5.74) is 3.47. The van der Waals surface area contributed by atoms with Crippen molar-refractivity contribution >= 4 is 11.6 Å². The zero-order valence-corrected chi connectivity index (χ0v) is 10.4. The van der Waals surface area contributed by atoms with Crippen LogP contribution < -0.4 is 5.32 Å². The number of hydrogen-bond donors (Lipinski definition) is 1. The number of carbonyl (C=O) groups is 1. The second-order valence-corrected chi connectivity index (χ2v) is 5.21. The number of hydrogen-bond acceptors (Lipinski definition) is 1. The van der Waals surface area contributed by atoms with E-state index < -0.39 is 0 Å². The molecule has 1 atom stereocenters. The van der Waals surface area contributed by atoms with E-state index >= 15 is 0 Å². The highest BCUT2D eigenvalue weighted by Gasteiger charge is 2.32. The first kappa shape index (κ1) is 11.2. The van der Waals surface area contributed by atoms with Gasteiger partial charge in [0.15, 0.2) is 0 Å². The van der Waals surface area contributed by atoms with E-state index in [-0.39, 0.29) is 11.8 Å². The Morgan fingerprint density at radius 2 is 1.88 bits per heavy atom. The van der Waals surface area contributed by atoms with Crippen molar-refractivity contribution < 1.29 is 4.79 Å². The van der Waals surface area contributed by atoms with Gasteiger partial charge in [0.25, 0.3) is 0 Å². The molecule has 1 aliphatic rings. The summed E-state index contributed by atoms with van der Waals surface area (Å²) in [5.74, 6) is 1.03. The highest BCUT2D eigenvalue weighted by Crippen LogP contribution is 2.38. The zero-order chi connectivity index (χ0) is 11.9. The van der Waals surface area contributed by atoms with Crippen molar-refractivity contribution in [2.24, 2.45) is 5.92 Å². The molecule has 0 saturated heterocycles. The van der Waals surface area contributed by atoms with Gasteiger partial charge in [-0.3, -0.25) is 4.79 Å². The Balaban J connectivity index is 2.46. The van der Waals surface area contributed by atoms with E-state index in [4.69, 9.17) is 0 Å². The van der Waals surface area contributed by atoms with Gasteiger partial charge in [-0.1, -0.05) is 39.8 Å². The van der Waals surface area contributed by atoms with Gasteiger partial charge < -0.3 is 5.32 Å². The molecule has 0 radical (unpaired) electrons. The molecular weight excluding hydrogens is 198 g/mol. The Bertz CT molecular complexity index is 421. The van der Waals surface area contributed by atoms with Crippen LogP contribution in [0.3, 0.4) is 0 Å². The highest BCUT2D eigenvalue weighted by atomic mass is 16.2. The van der Waals surface area contributed by atoms with Gasteiger partial charge in [0.1, 0.15) is 0 Å². The fourth-order valence-electron chi connectivity index (χ4n) is 2.33. The molecule has 2 rings (SSSR count). The minimum absolute atomic E-state index is 0.0219. The molecule has 0 spiro atoms. The largest absolute Gasteiger partial charge is 0.325 e. The molecular formula is C14H19NO. The molecule has 1 N–H and O–H groups in total. The van der Waals surface area contributed by atoms with Crippen LogP contribution in [0.1, 0.15) is 50.7 Å². The van der Waals surface area contributed by atoms with Crippen LogP contribution in [0.15, 0.2) is 18.2 Å². The minimum atomic E-state index is 0.0219. The lowest BCUT2D eigenvalue weighted by Gasteiger charge is -2.14. The first-order chi connectivity index (χ1) is 7.50. The molecule has 1 aromatic rings. The Morgan fingerprint density at radius 3 is 2.44 bits per heavy atom. The second-order valence-electron chi connectivity index (χ2n) is 5.21. The molecule has 1 amide bonds. The average Bonchev–Trinajstić information content (AvgIpc) is 2.51. The van der Waals surface area contributed by atoms with E-state index in [2.05, 4.69) is 45.1 Å². The van der Waals surface area contributed by atoms with Gasteiger partial charge in [0.2, 0.25) is 5.91 Å². The summed E-state index contributed by atoms with van der Waals surface area (Å²) in [6.07, 6.45) is 0. The Kier molecular flexibility index (Phi) is 2.75. The summed E-state index contributed by atoms with van der Waals surface area (Å²) in [7, 11) is 0. The lowest BCUT2D eigenvalue weighted by atomic mass is 9.87. The second kappa shape index (κ2) is 3.93. The number of anilines is 1. The maximum absolute atomic E-state index is 11.8. The molecule has 0 bridgehead atoms. The summed E-state index contributed by atoms with van der Waals surface area (Å²) in [6, 6.07) is 6.32. The topological polar surface area (TPSA) is 29.1 Å². The third-order valence-corrected chi connectivity index (χ3v) is 3.28. The van der Waals surface area contributed by atoms with Crippen molar-refractivity contribution in [1.82, 2.24) is 0 Å². The molecule has 1 heterocycles. The first-order valence-electron chi connectivity index (χ1n) is 5.95. The summed E-state index contributed by atoms with van der Waals surface area (Å²) in [4.78, 5) is 11.8. The number of benzene rings is 1. The van der Waals surface area contributed by atoms with Crippen molar-refractivity contribution in [2.45, 2.75) is 39.5 Å². The van der Waals surface area contributed by atoms with Crippen molar-refractivity contribution in [3.05, 3.63) is 29.3 Å². The van der Waals surface area contributed by atoms with Gasteiger partial charge in [0, 0.05) is 5.69 Å². The van der Waals surface area contributed by atoms with Crippen LogP contribution in [0.25, 0.3) is 0 Å². The molecule has 16 heavy (non-hydrogen) atoms. The van der Waals surface area contributed by atoms with E-state index in [0.29, 0.717) is 11.8 Å². The SMILES string of the molecule is CC(C)c1ccc2c(c1)C(C(C)C)C(=O)N2. The van der Waals surface area contributed by atoms with Crippen LogP contribution in [-0.4, -0.2) is 5.91 Å². The molecule has 1 unspecified atom stereocenters. The van der Waals surface area contributed by atoms with Crippen molar-refractivity contribution in [1.29, 1.82) is 0 Å².